The van der Waals surface area contributed by atoms with E-state index in [1.54, 1.807) is 20.8 Å². The van der Waals surface area contributed by atoms with Crippen LogP contribution in [-0.2, 0) is 14.4 Å². The maximum absolute atomic E-state index is 12.9. The molecule has 1 atom stereocenters. The zero-order valence-corrected chi connectivity index (χ0v) is 18.9. The highest BCUT2D eigenvalue weighted by Crippen LogP contribution is 2.28. The van der Waals surface area contributed by atoms with E-state index in [1.807, 2.05) is 45.9 Å². The molecule has 3 rings (SSSR count). The van der Waals surface area contributed by atoms with Gasteiger partial charge in [-0.25, -0.2) is 0 Å². The van der Waals surface area contributed by atoms with E-state index in [9.17, 15) is 14.4 Å². The molecule has 3 amide bonds. The lowest BCUT2D eigenvalue weighted by molar-refractivity contribution is -0.142. The van der Waals surface area contributed by atoms with Crippen molar-refractivity contribution in [2.75, 3.05) is 45.9 Å². The molecule has 0 radical (unpaired) electrons. The predicted molar refractivity (Wildman–Crippen MR) is 116 cm³/mol. The van der Waals surface area contributed by atoms with Crippen molar-refractivity contribution >= 4 is 17.7 Å². The van der Waals surface area contributed by atoms with Gasteiger partial charge < -0.3 is 24.2 Å². The molecule has 2 aliphatic rings. The fraction of sp³-hybridized carbons (Fsp3) is 0.609. The van der Waals surface area contributed by atoms with Crippen LogP contribution in [0.1, 0.15) is 34.1 Å². The van der Waals surface area contributed by atoms with Crippen LogP contribution < -0.4 is 9.47 Å². The lowest BCUT2D eigenvalue weighted by Crippen LogP contribution is -2.53. The van der Waals surface area contributed by atoms with Crippen LogP contribution in [0.25, 0.3) is 0 Å². The minimum Gasteiger partial charge on any atom is -0.490 e. The third kappa shape index (κ3) is 5.48. The molecule has 31 heavy (non-hydrogen) atoms. The van der Waals surface area contributed by atoms with Crippen molar-refractivity contribution in [1.82, 2.24) is 14.7 Å². The summed E-state index contributed by atoms with van der Waals surface area (Å²) in [7, 11) is 0. The first kappa shape index (κ1) is 22.9. The Bertz CT molecular complexity index is 812. The molecule has 1 aromatic carbocycles. The minimum absolute atomic E-state index is 0.00842. The van der Waals surface area contributed by atoms with Gasteiger partial charge in [-0.05, 0) is 39.8 Å². The Morgan fingerprint density at radius 2 is 1.58 bits per heavy atom. The number of hydrogen-bond acceptors (Lipinski definition) is 5. The summed E-state index contributed by atoms with van der Waals surface area (Å²) in [6.45, 7) is 10.6. The van der Waals surface area contributed by atoms with E-state index in [0.29, 0.717) is 50.8 Å². The first-order valence-electron chi connectivity index (χ1n) is 10.9. The number of hydrogen-bond donors (Lipinski definition) is 0. The molecule has 8 heteroatoms. The maximum atomic E-state index is 12.9. The number of benzene rings is 1. The lowest BCUT2D eigenvalue weighted by atomic mass is 10.1. The zero-order chi connectivity index (χ0) is 22.6. The van der Waals surface area contributed by atoms with E-state index in [4.69, 9.17) is 9.47 Å². The first-order valence-corrected chi connectivity index (χ1v) is 10.9. The second-order valence-electron chi connectivity index (χ2n) is 8.95. The molecule has 2 fully saturated rings. The Hall–Kier alpha value is -2.77. The van der Waals surface area contributed by atoms with Gasteiger partial charge in [-0.2, -0.15) is 0 Å². The summed E-state index contributed by atoms with van der Waals surface area (Å²) in [5, 5.41) is 0. The zero-order valence-electron chi connectivity index (χ0n) is 18.9. The fourth-order valence-electron chi connectivity index (χ4n) is 4.03. The Labute approximate surface area is 184 Å². The van der Waals surface area contributed by atoms with E-state index in [-0.39, 0.29) is 42.2 Å². The summed E-state index contributed by atoms with van der Waals surface area (Å²) in [5.74, 6) is 0.781. The van der Waals surface area contributed by atoms with Crippen molar-refractivity contribution in [2.45, 2.75) is 39.7 Å². The van der Waals surface area contributed by atoms with Crippen LogP contribution in [0.4, 0.5) is 0 Å². The van der Waals surface area contributed by atoms with Crippen LogP contribution in [0.15, 0.2) is 24.3 Å². The summed E-state index contributed by atoms with van der Waals surface area (Å²) >= 11 is 0. The van der Waals surface area contributed by atoms with Crippen LogP contribution in [-0.4, -0.2) is 83.9 Å². The van der Waals surface area contributed by atoms with Gasteiger partial charge in [0.1, 0.15) is 0 Å². The normalized spacial score (nSPS) is 19.5. The Morgan fingerprint density at radius 1 is 1.00 bits per heavy atom. The third-order valence-corrected chi connectivity index (χ3v) is 5.73. The molecular formula is C23H33N3O5. The number of ether oxygens (including phenoxy) is 2. The van der Waals surface area contributed by atoms with Crippen LogP contribution in [0, 0.1) is 5.92 Å². The minimum atomic E-state index is -0.299. The molecule has 0 bridgehead atoms. The van der Waals surface area contributed by atoms with Crippen molar-refractivity contribution in [3.05, 3.63) is 24.3 Å². The molecule has 1 aromatic rings. The quantitative estimate of drug-likeness (QED) is 0.686. The van der Waals surface area contributed by atoms with Gasteiger partial charge in [-0.15, -0.1) is 0 Å². The summed E-state index contributed by atoms with van der Waals surface area (Å²) in [6, 6.07) is 7.27. The van der Waals surface area contributed by atoms with Crippen LogP contribution >= 0.6 is 0 Å². The Kier molecular flexibility index (Phi) is 7.08. The topological polar surface area (TPSA) is 79.4 Å². The van der Waals surface area contributed by atoms with Gasteiger partial charge in [-0.3, -0.25) is 14.4 Å². The Morgan fingerprint density at radius 3 is 2.13 bits per heavy atom. The molecule has 2 heterocycles. The molecule has 0 saturated carbocycles. The Balaban J connectivity index is 1.48. The summed E-state index contributed by atoms with van der Waals surface area (Å²) in [6.07, 6.45) is 0.266. The fourth-order valence-corrected chi connectivity index (χ4v) is 4.03. The number of nitrogens with zero attached hydrogens (tertiary/aromatic N) is 3. The molecular weight excluding hydrogens is 398 g/mol. The monoisotopic (exact) mass is 431 g/mol. The largest absolute Gasteiger partial charge is 0.490 e. The van der Waals surface area contributed by atoms with Crippen molar-refractivity contribution in [1.29, 1.82) is 0 Å². The molecule has 0 spiro atoms. The number of piperazine rings is 1. The molecule has 170 valence electrons. The molecule has 8 nitrogen and oxygen atoms in total. The summed E-state index contributed by atoms with van der Waals surface area (Å²) in [5.41, 5.74) is -0.280. The number of carbonyl (C=O) groups is 3. The first-order chi connectivity index (χ1) is 14.7. The number of likely N-dealkylation sites (tertiary alicyclic amines) is 1. The van der Waals surface area contributed by atoms with Crippen LogP contribution in [0.2, 0.25) is 0 Å². The second-order valence-corrected chi connectivity index (χ2v) is 8.95. The van der Waals surface area contributed by atoms with E-state index in [2.05, 4.69) is 0 Å². The number of amides is 3. The SMILES string of the molecule is CCOc1ccccc1OCC(=O)N1CCN(C(=O)C2CC(=O)N(C(C)(C)C)C2)CC1. The predicted octanol–water partition coefficient (Wildman–Crippen LogP) is 1.78. The number of carbonyl (C=O) groups excluding carboxylic acids is 3. The maximum Gasteiger partial charge on any atom is 0.260 e. The van der Waals surface area contributed by atoms with Crippen molar-refractivity contribution in [3.63, 3.8) is 0 Å². The van der Waals surface area contributed by atoms with Gasteiger partial charge >= 0.3 is 0 Å². The molecule has 0 N–H and O–H groups in total. The number of para-hydroxylation sites is 2. The van der Waals surface area contributed by atoms with Gasteiger partial charge in [0, 0.05) is 44.7 Å². The second kappa shape index (κ2) is 9.58. The molecule has 2 saturated heterocycles. The van der Waals surface area contributed by atoms with Gasteiger partial charge in [0.15, 0.2) is 18.1 Å². The van der Waals surface area contributed by atoms with E-state index in [1.165, 1.54) is 0 Å². The smallest absolute Gasteiger partial charge is 0.260 e. The van der Waals surface area contributed by atoms with E-state index >= 15 is 0 Å². The van der Waals surface area contributed by atoms with Crippen LogP contribution in [0.3, 0.4) is 0 Å². The average Bonchev–Trinajstić information content (AvgIpc) is 3.15. The van der Waals surface area contributed by atoms with Gasteiger partial charge in [-0.1, -0.05) is 12.1 Å². The van der Waals surface area contributed by atoms with Crippen molar-refractivity contribution < 1.29 is 23.9 Å². The summed E-state index contributed by atoms with van der Waals surface area (Å²) < 4.78 is 11.2. The lowest BCUT2D eigenvalue weighted by Gasteiger charge is -2.36. The standard InChI is InChI=1S/C23H33N3O5/c1-5-30-18-8-6-7-9-19(18)31-16-21(28)24-10-12-25(13-11-24)22(29)17-14-20(27)26(15-17)23(2,3)4/h6-9,17H,5,10-16H2,1-4H3. The number of rotatable bonds is 6. The average molecular weight is 432 g/mol. The third-order valence-electron chi connectivity index (χ3n) is 5.73. The van der Waals surface area contributed by atoms with E-state index < -0.39 is 0 Å². The van der Waals surface area contributed by atoms with Crippen molar-refractivity contribution in [3.8, 4) is 11.5 Å². The highest BCUT2D eigenvalue weighted by Gasteiger charge is 2.41. The molecule has 0 aliphatic carbocycles. The van der Waals surface area contributed by atoms with Gasteiger partial charge in [0.25, 0.3) is 5.91 Å². The summed E-state index contributed by atoms with van der Waals surface area (Å²) in [4.78, 5) is 43.1. The van der Waals surface area contributed by atoms with E-state index in [0.717, 1.165) is 0 Å². The molecule has 0 aromatic heterocycles. The highest BCUT2D eigenvalue weighted by atomic mass is 16.5. The van der Waals surface area contributed by atoms with Gasteiger partial charge in [0.2, 0.25) is 11.8 Å². The van der Waals surface area contributed by atoms with Gasteiger partial charge in [0.05, 0.1) is 12.5 Å². The van der Waals surface area contributed by atoms with Crippen molar-refractivity contribution in [2.24, 2.45) is 5.92 Å². The molecule has 1 unspecified atom stereocenters. The highest BCUT2D eigenvalue weighted by molar-refractivity contribution is 5.89. The van der Waals surface area contributed by atoms with Crippen LogP contribution in [0.5, 0.6) is 11.5 Å². The molecule has 2 aliphatic heterocycles.